The van der Waals surface area contributed by atoms with Crippen molar-refractivity contribution >= 4 is 33.3 Å². The molecule has 0 amide bonds. The maximum absolute atomic E-state index is 12.1. The van der Waals surface area contributed by atoms with Crippen molar-refractivity contribution in [2.45, 2.75) is 24.8 Å². The number of nitrogens with one attached hydrogen (secondary N) is 1. The van der Waals surface area contributed by atoms with Crippen molar-refractivity contribution in [3.63, 3.8) is 0 Å². The highest BCUT2D eigenvalue weighted by atomic mass is 35.5. The van der Waals surface area contributed by atoms with E-state index in [9.17, 15) is 23.3 Å². The molecule has 2 aromatic carbocycles. The summed E-state index contributed by atoms with van der Waals surface area (Å²) in [6.45, 7) is 3.38. The number of nitro groups is 1. The van der Waals surface area contributed by atoms with E-state index in [1.165, 1.54) is 30.3 Å². The number of nitrogens with zero attached hydrogens (tertiary/aromatic N) is 1. The molecule has 0 aliphatic carbocycles. The summed E-state index contributed by atoms with van der Waals surface area (Å²) in [5.41, 5.74) is -0.134. The number of carbonyl (C=O) groups excluding carboxylic acids is 1. The molecule has 0 saturated carbocycles. The molecule has 0 radical (unpaired) electrons. The van der Waals surface area contributed by atoms with E-state index in [-0.39, 0.29) is 33.0 Å². The van der Waals surface area contributed by atoms with Crippen molar-refractivity contribution in [2.24, 2.45) is 0 Å². The highest BCUT2D eigenvalue weighted by Gasteiger charge is 2.18. The lowest BCUT2D eigenvalue weighted by atomic mass is 10.2. The van der Waals surface area contributed by atoms with Gasteiger partial charge >= 0.3 is 5.97 Å². The van der Waals surface area contributed by atoms with Gasteiger partial charge in [-0.3, -0.25) is 10.1 Å². The molecule has 0 aliphatic heterocycles. The number of non-ortho nitro benzene ring substituents is 1. The Labute approximate surface area is 154 Å². The molecule has 0 unspecified atom stereocenters. The van der Waals surface area contributed by atoms with Crippen LogP contribution in [-0.4, -0.2) is 25.4 Å². The van der Waals surface area contributed by atoms with Crippen LogP contribution in [0.4, 0.5) is 5.69 Å². The van der Waals surface area contributed by atoms with Crippen LogP contribution in [0, 0.1) is 10.1 Å². The van der Waals surface area contributed by atoms with Crippen LogP contribution in [0.1, 0.15) is 24.2 Å². The minimum atomic E-state index is -3.67. The summed E-state index contributed by atoms with van der Waals surface area (Å²) in [6, 6.07) is 8.32. The van der Waals surface area contributed by atoms with E-state index in [0.29, 0.717) is 0 Å². The molecule has 2 rings (SSSR count). The smallest absolute Gasteiger partial charge is 0.343 e. The predicted molar refractivity (Wildman–Crippen MR) is 95.0 cm³/mol. The van der Waals surface area contributed by atoms with Gasteiger partial charge in [-0.05, 0) is 44.2 Å². The maximum atomic E-state index is 12.1. The third-order valence-corrected chi connectivity index (χ3v) is 5.09. The van der Waals surface area contributed by atoms with E-state index in [1.807, 2.05) is 0 Å². The number of benzene rings is 2. The molecular weight excluding hydrogens is 384 g/mol. The molecule has 0 spiro atoms. The van der Waals surface area contributed by atoms with Crippen LogP contribution in [0.25, 0.3) is 0 Å². The van der Waals surface area contributed by atoms with E-state index in [0.717, 1.165) is 12.1 Å². The van der Waals surface area contributed by atoms with E-state index in [2.05, 4.69) is 4.72 Å². The van der Waals surface area contributed by atoms with E-state index in [4.69, 9.17) is 16.3 Å². The molecule has 0 heterocycles. The van der Waals surface area contributed by atoms with Crippen molar-refractivity contribution in [3.05, 3.63) is 63.2 Å². The second-order valence-electron chi connectivity index (χ2n) is 5.56. The van der Waals surface area contributed by atoms with Gasteiger partial charge < -0.3 is 4.74 Å². The lowest BCUT2D eigenvalue weighted by Gasteiger charge is -2.10. The minimum absolute atomic E-state index is 0.0103. The third-order valence-electron chi connectivity index (χ3n) is 3.12. The Hall–Kier alpha value is -2.49. The first-order valence-electron chi connectivity index (χ1n) is 7.38. The topological polar surface area (TPSA) is 116 Å². The zero-order valence-corrected chi connectivity index (χ0v) is 15.4. The van der Waals surface area contributed by atoms with Gasteiger partial charge in [0.15, 0.2) is 0 Å². The monoisotopic (exact) mass is 398 g/mol. The zero-order chi connectivity index (χ0) is 19.5. The quantitative estimate of drug-likeness (QED) is 0.346. The van der Waals surface area contributed by atoms with E-state index in [1.54, 1.807) is 13.8 Å². The highest BCUT2D eigenvalue weighted by Crippen LogP contribution is 2.29. The van der Waals surface area contributed by atoms with Crippen molar-refractivity contribution in [1.29, 1.82) is 0 Å². The van der Waals surface area contributed by atoms with Gasteiger partial charge in [0.05, 0.1) is 20.4 Å². The number of rotatable bonds is 6. The van der Waals surface area contributed by atoms with Gasteiger partial charge in [-0.1, -0.05) is 11.6 Å². The summed E-state index contributed by atoms with van der Waals surface area (Å²) in [4.78, 5) is 22.2. The molecule has 0 aromatic heterocycles. The average Bonchev–Trinajstić information content (AvgIpc) is 2.55. The third kappa shape index (κ3) is 4.78. The van der Waals surface area contributed by atoms with Gasteiger partial charge in [-0.15, -0.1) is 0 Å². The van der Waals surface area contributed by atoms with Crippen LogP contribution in [0.3, 0.4) is 0 Å². The Morgan fingerprint density at radius 1 is 1.19 bits per heavy atom. The van der Waals surface area contributed by atoms with Gasteiger partial charge in [0.2, 0.25) is 10.0 Å². The van der Waals surface area contributed by atoms with Gasteiger partial charge in [0, 0.05) is 18.2 Å². The number of hydrogen-bond donors (Lipinski definition) is 1. The van der Waals surface area contributed by atoms with Crippen LogP contribution in [-0.2, 0) is 10.0 Å². The lowest BCUT2D eigenvalue weighted by molar-refractivity contribution is -0.384. The fourth-order valence-corrected chi connectivity index (χ4v) is 3.46. The molecule has 138 valence electrons. The molecule has 0 aliphatic rings. The minimum Gasteiger partial charge on any atom is -0.421 e. The first-order valence-corrected chi connectivity index (χ1v) is 9.25. The molecule has 8 nitrogen and oxygen atoms in total. The first kappa shape index (κ1) is 19.8. The summed E-state index contributed by atoms with van der Waals surface area (Å²) >= 11 is 5.87. The van der Waals surface area contributed by atoms with Crippen LogP contribution in [0.15, 0.2) is 47.4 Å². The van der Waals surface area contributed by atoms with Crippen LogP contribution in [0.5, 0.6) is 5.75 Å². The van der Waals surface area contributed by atoms with E-state index >= 15 is 0 Å². The number of carbonyl (C=O) groups is 1. The van der Waals surface area contributed by atoms with Gasteiger partial charge in [-0.2, -0.15) is 0 Å². The van der Waals surface area contributed by atoms with Crippen molar-refractivity contribution in [2.75, 3.05) is 0 Å². The molecule has 2 aromatic rings. The van der Waals surface area contributed by atoms with Crippen molar-refractivity contribution in [1.82, 2.24) is 4.72 Å². The van der Waals surface area contributed by atoms with Crippen LogP contribution in [0.2, 0.25) is 5.02 Å². The fraction of sp³-hybridized carbons (Fsp3) is 0.188. The molecule has 10 heteroatoms. The molecule has 1 N–H and O–H groups in total. The number of hydrogen-bond acceptors (Lipinski definition) is 6. The highest BCUT2D eigenvalue weighted by molar-refractivity contribution is 7.89. The van der Waals surface area contributed by atoms with E-state index < -0.39 is 20.9 Å². The Bertz CT molecular complexity index is 942. The summed E-state index contributed by atoms with van der Waals surface area (Å²) in [5, 5.41) is 10.6. The Balaban J connectivity index is 2.17. The Morgan fingerprint density at radius 3 is 2.31 bits per heavy atom. The number of sulfonamides is 1. The summed E-state index contributed by atoms with van der Waals surface area (Å²) in [7, 11) is -3.67. The molecule has 0 atom stereocenters. The second kappa shape index (κ2) is 7.81. The fourth-order valence-electron chi connectivity index (χ4n) is 1.99. The summed E-state index contributed by atoms with van der Waals surface area (Å²) < 4.78 is 31.6. The molecule has 26 heavy (non-hydrogen) atoms. The maximum Gasteiger partial charge on any atom is 0.343 e. The zero-order valence-electron chi connectivity index (χ0n) is 13.8. The van der Waals surface area contributed by atoms with Crippen LogP contribution >= 0.6 is 11.6 Å². The normalized spacial score (nSPS) is 11.4. The number of nitro benzene ring substituents is 1. The summed E-state index contributed by atoms with van der Waals surface area (Å²) in [5.74, 6) is -0.818. The lowest BCUT2D eigenvalue weighted by Crippen LogP contribution is -2.30. The SMILES string of the molecule is CC(C)NS(=O)(=O)c1ccc(C(=O)Oc2ccc([N+](=O)[O-])cc2Cl)cc1. The van der Waals surface area contributed by atoms with Crippen molar-refractivity contribution in [3.8, 4) is 5.75 Å². The second-order valence-corrected chi connectivity index (χ2v) is 7.68. The average molecular weight is 399 g/mol. The standard InChI is InChI=1S/C16H15ClN2O6S/c1-10(2)18-26(23,24)13-6-3-11(4-7-13)16(20)25-15-8-5-12(19(21)22)9-14(15)17/h3-10,18H,1-2H3. The molecule has 0 fully saturated rings. The molecule has 0 saturated heterocycles. The Morgan fingerprint density at radius 2 is 1.81 bits per heavy atom. The molecular formula is C16H15ClN2O6S. The van der Waals surface area contributed by atoms with Crippen LogP contribution < -0.4 is 9.46 Å². The van der Waals surface area contributed by atoms with Gasteiger partial charge in [-0.25, -0.2) is 17.9 Å². The first-order chi connectivity index (χ1) is 12.1. The van der Waals surface area contributed by atoms with Crippen molar-refractivity contribution < 1.29 is 22.9 Å². The largest absolute Gasteiger partial charge is 0.421 e. The Kier molecular flexibility index (Phi) is 5.96. The predicted octanol–water partition coefficient (Wildman–Crippen LogP) is 3.15. The number of esters is 1. The molecule has 0 bridgehead atoms. The number of halogens is 1. The summed E-state index contributed by atoms with van der Waals surface area (Å²) in [6.07, 6.45) is 0. The van der Waals surface area contributed by atoms with Gasteiger partial charge in [0.25, 0.3) is 5.69 Å². The van der Waals surface area contributed by atoms with Gasteiger partial charge in [0.1, 0.15) is 5.75 Å². The number of ether oxygens (including phenoxy) is 1.